The summed E-state index contributed by atoms with van der Waals surface area (Å²) in [6, 6.07) is 8.00. The predicted molar refractivity (Wildman–Crippen MR) is 110 cm³/mol. The topological polar surface area (TPSA) is 58.2 Å². The molecular formula is C22H22ClN3O2. The van der Waals surface area contributed by atoms with Crippen molar-refractivity contribution < 1.29 is 9.53 Å². The quantitative estimate of drug-likeness (QED) is 0.662. The van der Waals surface area contributed by atoms with Gasteiger partial charge in [-0.3, -0.25) is 4.79 Å². The Hall–Kier alpha value is -2.53. The molecule has 3 aromatic rings. The average Bonchev–Trinajstić information content (AvgIpc) is 3.25. The van der Waals surface area contributed by atoms with Gasteiger partial charge in [-0.05, 0) is 62.4 Å². The fourth-order valence-electron chi connectivity index (χ4n) is 4.48. The highest BCUT2D eigenvalue weighted by Crippen LogP contribution is 2.45. The second-order valence-electron chi connectivity index (χ2n) is 7.72. The fraction of sp³-hybridized carbons (Fsp3) is 0.364. The van der Waals surface area contributed by atoms with Crippen molar-refractivity contribution in [3.05, 3.63) is 51.8 Å². The predicted octanol–water partition coefficient (Wildman–Crippen LogP) is 5.03. The number of amides is 1. The Morgan fingerprint density at radius 2 is 2.11 bits per heavy atom. The highest BCUT2D eigenvalue weighted by molar-refractivity contribution is 6.30. The van der Waals surface area contributed by atoms with Crippen LogP contribution in [0.3, 0.4) is 0 Å². The number of benzene rings is 2. The molecule has 0 bridgehead atoms. The standard InChI is InChI=1S/C22H22ClN3O2/c1-12-10-14(23)5-6-15(12)19-8-7-16-18(26-9-3-4-20(26)27)11-17-21(22(16)28-19)25-13(2)24-17/h5-6,10-11,19H,3-4,7-9H2,1-2H3,(H,24,25)/t19-/m0/s1. The van der Waals surface area contributed by atoms with E-state index >= 15 is 0 Å². The molecule has 6 heteroatoms. The van der Waals surface area contributed by atoms with Crippen LogP contribution in [0.25, 0.3) is 11.0 Å². The number of hydrogen-bond acceptors (Lipinski definition) is 3. The Morgan fingerprint density at radius 1 is 1.25 bits per heavy atom. The van der Waals surface area contributed by atoms with Crippen molar-refractivity contribution in [2.75, 3.05) is 11.4 Å². The number of aromatic amines is 1. The smallest absolute Gasteiger partial charge is 0.227 e. The van der Waals surface area contributed by atoms with Gasteiger partial charge in [-0.1, -0.05) is 17.7 Å². The lowest BCUT2D eigenvalue weighted by molar-refractivity contribution is -0.117. The third-order valence-electron chi connectivity index (χ3n) is 5.79. The molecule has 1 aromatic heterocycles. The van der Waals surface area contributed by atoms with Gasteiger partial charge in [-0.2, -0.15) is 0 Å². The Balaban J connectivity index is 1.64. The van der Waals surface area contributed by atoms with Crippen molar-refractivity contribution in [3.8, 4) is 5.75 Å². The van der Waals surface area contributed by atoms with E-state index in [4.69, 9.17) is 16.3 Å². The van der Waals surface area contributed by atoms with Crippen molar-refractivity contribution in [1.29, 1.82) is 0 Å². The lowest BCUT2D eigenvalue weighted by Gasteiger charge is -2.31. The molecule has 1 saturated heterocycles. The summed E-state index contributed by atoms with van der Waals surface area (Å²) in [6.07, 6.45) is 3.18. The van der Waals surface area contributed by atoms with E-state index in [9.17, 15) is 4.79 Å². The number of H-pyrrole nitrogens is 1. The van der Waals surface area contributed by atoms with Gasteiger partial charge >= 0.3 is 0 Å². The van der Waals surface area contributed by atoms with E-state index in [-0.39, 0.29) is 12.0 Å². The Morgan fingerprint density at radius 3 is 2.86 bits per heavy atom. The van der Waals surface area contributed by atoms with Crippen LogP contribution in [0.2, 0.25) is 5.02 Å². The third-order valence-corrected chi connectivity index (χ3v) is 6.02. The first-order valence-corrected chi connectivity index (χ1v) is 10.1. The number of anilines is 1. The van der Waals surface area contributed by atoms with E-state index in [0.29, 0.717) is 6.42 Å². The molecule has 3 heterocycles. The van der Waals surface area contributed by atoms with Crippen LogP contribution >= 0.6 is 11.6 Å². The van der Waals surface area contributed by atoms with Gasteiger partial charge in [-0.25, -0.2) is 4.98 Å². The first-order valence-electron chi connectivity index (χ1n) is 9.76. The fourth-order valence-corrected chi connectivity index (χ4v) is 4.71. The highest BCUT2D eigenvalue weighted by Gasteiger charge is 2.32. The van der Waals surface area contributed by atoms with Gasteiger partial charge in [0.2, 0.25) is 5.91 Å². The molecule has 5 nitrogen and oxygen atoms in total. The summed E-state index contributed by atoms with van der Waals surface area (Å²) in [6.45, 7) is 4.77. The van der Waals surface area contributed by atoms with Crippen LogP contribution in [-0.4, -0.2) is 22.4 Å². The van der Waals surface area contributed by atoms with Gasteiger partial charge in [0.15, 0.2) is 5.75 Å². The zero-order valence-corrected chi connectivity index (χ0v) is 16.8. The number of carbonyl (C=O) groups excluding carboxylic acids is 1. The van der Waals surface area contributed by atoms with Crippen molar-refractivity contribution in [2.45, 2.75) is 45.6 Å². The number of hydrogen-bond donors (Lipinski definition) is 1. The summed E-state index contributed by atoms with van der Waals surface area (Å²) in [4.78, 5) is 22.3. The molecule has 0 aliphatic carbocycles. The molecule has 144 valence electrons. The molecule has 1 N–H and O–H groups in total. The number of aromatic nitrogens is 2. The first kappa shape index (κ1) is 17.6. The van der Waals surface area contributed by atoms with E-state index in [1.165, 1.54) is 0 Å². The average molecular weight is 396 g/mol. The van der Waals surface area contributed by atoms with Crippen LogP contribution in [-0.2, 0) is 11.2 Å². The second kappa shape index (κ2) is 6.52. The summed E-state index contributed by atoms with van der Waals surface area (Å²) in [5.74, 6) is 1.84. The maximum Gasteiger partial charge on any atom is 0.227 e. The number of nitrogens with one attached hydrogen (secondary N) is 1. The number of imidazole rings is 1. The van der Waals surface area contributed by atoms with Gasteiger partial charge in [0.25, 0.3) is 0 Å². The molecule has 28 heavy (non-hydrogen) atoms. The van der Waals surface area contributed by atoms with E-state index in [1.807, 2.05) is 30.0 Å². The zero-order chi connectivity index (χ0) is 19.4. The second-order valence-corrected chi connectivity index (χ2v) is 8.15. The number of carbonyl (C=O) groups is 1. The molecule has 0 saturated carbocycles. The normalized spacial score (nSPS) is 19.2. The number of nitrogens with zero attached hydrogens (tertiary/aromatic N) is 2. The van der Waals surface area contributed by atoms with Crippen molar-refractivity contribution in [1.82, 2.24) is 9.97 Å². The van der Waals surface area contributed by atoms with Crippen molar-refractivity contribution >= 4 is 34.2 Å². The Bertz CT molecular complexity index is 1100. The third kappa shape index (κ3) is 2.76. The van der Waals surface area contributed by atoms with Crippen LogP contribution in [0.1, 0.15) is 47.9 Å². The molecular weight excluding hydrogens is 374 g/mol. The van der Waals surface area contributed by atoms with Crippen LogP contribution in [0, 0.1) is 13.8 Å². The highest BCUT2D eigenvalue weighted by atomic mass is 35.5. The van der Waals surface area contributed by atoms with Gasteiger partial charge in [0, 0.05) is 23.6 Å². The van der Waals surface area contributed by atoms with Crippen LogP contribution in [0.4, 0.5) is 5.69 Å². The number of ether oxygens (including phenoxy) is 1. The SMILES string of the molecule is Cc1nc2c3c(c(N4CCCC4=O)cc2[nH]1)CC[C@@H](c1ccc(Cl)cc1C)O3. The minimum absolute atomic E-state index is 0.0468. The van der Waals surface area contributed by atoms with Crippen LogP contribution in [0.15, 0.2) is 24.3 Å². The molecule has 1 amide bonds. The molecule has 2 aliphatic rings. The van der Waals surface area contributed by atoms with Gasteiger partial charge in [-0.15, -0.1) is 0 Å². The van der Waals surface area contributed by atoms with Gasteiger partial charge in [0.1, 0.15) is 17.4 Å². The summed E-state index contributed by atoms with van der Waals surface area (Å²) in [5, 5.41) is 0.734. The Kier molecular flexibility index (Phi) is 4.09. The van der Waals surface area contributed by atoms with E-state index in [2.05, 4.69) is 23.0 Å². The first-order chi connectivity index (χ1) is 13.5. The summed E-state index contributed by atoms with van der Waals surface area (Å²) < 4.78 is 6.54. The molecule has 5 rings (SSSR count). The number of fused-ring (bicyclic) bond motifs is 3. The number of rotatable bonds is 2. The maximum absolute atomic E-state index is 12.4. The summed E-state index contributed by atoms with van der Waals surface area (Å²) in [5.41, 5.74) is 6.11. The number of halogens is 1. The van der Waals surface area contributed by atoms with Crippen molar-refractivity contribution in [2.24, 2.45) is 0 Å². The van der Waals surface area contributed by atoms with E-state index in [1.54, 1.807) is 0 Å². The summed E-state index contributed by atoms with van der Waals surface area (Å²) in [7, 11) is 0. The number of aryl methyl sites for hydroxylation is 2. The van der Waals surface area contributed by atoms with Gasteiger partial charge in [0.05, 0.1) is 11.2 Å². The molecule has 2 aliphatic heterocycles. The van der Waals surface area contributed by atoms with Gasteiger partial charge < -0.3 is 14.6 Å². The van der Waals surface area contributed by atoms with Crippen LogP contribution < -0.4 is 9.64 Å². The van der Waals surface area contributed by atoms with Crippen molar-refractivity contribution in [3.63, 3.8) is 0 Å². The zero-order valence-electron chi connectivity index (χ0n) is 16.0. The van der Waals surface area contributed by atoms with E-state index < -0.39 is 0 Å². The Labute approximate surface area is 168 Å². The monoisotopic (exact) mass is 395 g/mol. The molecule has 1 fully saturated rings. The molecule has 1 atom stereocenters. The lowest BCUT2D eigenvalue weighted by atomic mass is 9.93. The molecule has 2 aromatic carbocycles. The van der Waals surface area contributed by atoms with Crippen LogP contribution in [0.5, 0.6) is 5.75 Å². The largest absolute Gasteiger partial charge is 0.483 e. The molecule has 0 radical (unpaired) electrons. The minimum Gasteiger partial charge on any atom is -0.483 e. The van der Waals surface area contributed by atoms with E-state index in [0.717, 1.165) is 75.8 Å². The summed E-state index contributed by atoms with van der Waals surface area (Å²) >= 11 is 6.13. The lowest BCUT2D eigenvalue weighted by Crippen LogP contribution is -2.27. The maximum atomic E-state index is 12.4. The molecule has 0 spiro atoms. The molecule has 0 unspecified atom stereocenters. The minimum atomic E-state index is -0.0468.